The maximum atomic E-state index is 5.97. The fourth-order valence-corrected chi connectivity index (χ4v) is 3.55. The van der Waals surface area contributed by atoms with Crippen molar-refractivity contribution in [3.63, 3.8) is 0 Å². The Hall–Kier alpha value is 0.470. The molecule has 0 aliphatic heterocycles. The molecule has 86 valence electrons. The third-order valence-corrected chi connectivity index (χ3v) is 6.65. The first-order chi connectivity index (χ1) is 6.66. The SMILES string of the molecule is CC(C)(C)C(C)(C)C(Br)c1ccc(Cl)s1. The molecule has 0 bridgehead atoms. The standard InChI is InChI=1S/C12H18BrClS/c1-11(2,3)12(4,5)10(13)8-6-7-9(14)15-8/h6-7,10H,1-5H3. The minimum absolute atomic E-state index is 0.182. The van der Waals surface area contributed by atoms with E-state index < -0.39 is 0 Å². The van der Waals surface area contributed by atoms with Gasteiger partial charge in [-0.15, -0.1) is 11.3 Å². The van der Waals surface area contributed by atoms with Crippen molar-refractivity contribution in [3.05, 3.63) is 21.3 Å². The lowest BCUT2D eigenvalue weighted by Gasteiger charge is -2.42. The van der Waals surface area contributed by atoms with Crippen LogP contribution in [-0.4, -0.2) is 0 Å². The van der Waals surface area contributed by atoms with Crippen LogP contribution in [0.5, 0.6) is 0 Å². The molecule has 0 nitrogen and oxygen atoms in total. The number of hydrogen-bond acceptors (Lipinski definition) is 1. The Morgan fingerprint density at radius 2 is 1.73 bits per heavy atom. The molecule has 0 aromatic carbocycles. The van der Waals surface area contributed by atoms with E-state index in [0.717, 1.165) is 4.34 Å². The summed E-state index contributed by atoms with van der Waals surface area (Å²) in [5.41, 5.74) is 0.429. The molecule has 1 rings (SSSR count). The van der Waals surface area contributed by atoms with Gasteiger partial charge in [-0.3, -0.25) is 0 Å². The average molecular weight is 310 g/mol. The van der Waals surface area contributed by atoms with Crippen molar-refractivity contribution in [2.45, 2.75) is 39.4 Å². The van der Waals surface area contributed by atoms with Crippen LogP contribution in [0.4, 0.5) is 0 Å². The van der Waals surface area contributed by atoms with E-state index >= 15 is 0 Å². The number of alkyl halides is 1. The molecule has 0 spiro atoms. The van der Waals surface area contributed by atoms with Gasteiger partial charge in [0.25, 0.3) is 0 Å². The zero-order chi connectivity index (χ0) is 11.9. The molecule has 1 atom stereocenters. The summed E-state index contributed by atoms with van der Waals surface area (Å²) in [6.45, 7) is 11.4. The molecule has 0 N–H and O–H groups in total. The van der Waals surface area contributed by atoms with Crippen molar-refractivity contribution in [3.8, 4) is 0 Å². The summed E-state index contributed by atoms with van der Waals surface area (Å²) in [6.07, 6.45) is 0. The normalized spacial score (nSPS) is 15.4. The van der Waals surface area contributed by atoms with E-state index in [1.807, 2.05) is 6.07 Å². The van der Waals surface area contributed by atoms with Crippen molar-refractivity contribution >= 4 is 38.9 Å². The smallest absolute Gasteiger partial charge is 0.0931 e. The largest absolute Gasteiger partial charge is 0.127 e. The van der Waals surface area contributed by atoms with Crippen LogP contribution < -0.4 is 0 Å². The maximum Gasteiger partial charge on any atom is 0.0931 e. The zero-order valence-corrected chi connectivity index (χ0v) is 13.1. The van der Waals surface area contributed by atoms with Crippen LogP contribution in [0.15, 0.2) is 12.1 Å². The summed E-state index contributed by atoms with van der Waals surface area (Å²) < 4.78 is 0.860. The molecule has 0 radical (unpaired) electrons. The van der Waals surface area contributed by atoms with Gasteiger partial charge in [-0.25, -0.2) is 0 Å². The summed E-state index contributed by atoms with van der Waals surface area (Å²) in [6, 6.07) is 4.08. The Morgan fingerprint density at radius 1 is 1.20 bits per heavy atom. The minimum atomic E-state index is 0.182. The van der Waals surface area contributed by atoms with Gasteiger partial charge in [0.05, 0.1) is 9.16 Å². The van der Waals surface area contributed by atoms with E-state index in [2.05, 4.69) is 56.6 Å². The third kappa shape index (κ3) is 2.78. The summed E-state index contributed by atoms with van der Waals surface area (Å²) in [4.78, 5) is 1.66. The Labute approximate surface area is 110 Å². The van der Waals surface area contributed by atoms with E-state index in [1.54, 1.807) is 11.3 Å². The fourth-order valence-electron chi connectivity index (χ4n) is 1.20. The molecule has 15 heavy (non-hydrogen) atoms. The molecule has 0 amide bonds. The van der Waals surface area contributed by atoms with E-state index in [9.17, 15) is 0 Å². The predicted molar refractivity (Wildman–Crippen MR) is 74.2 cm³/mol. The molecule has 0 aliphatic rings. The first-order valence-corrected chi connectivity index (χ1v) is 7.16. The van der Waals surface area contributed by atoms with Crippen LogP contribution in [0.2, 0.25) is 4.34 Å². The quantitative estimate of drug-likeness (QED) is 0.596. The molecule has 1 heterocycles. The van der Waals surface area contributed by atoms with Crippen LogP contribution in [0, 0.1) is 10.8 Å². The van der Waals surface area contributed by atoms with E-state index in [4.69, 9.17) is 11.6 Å². The molecule has 0 saturated heterocycles. The second-order valence-corrected chi connectivity index (χ2v) is 8.14. The number of rotatable bonds is 2. The van der Waals surface area contributed by atoms with Crippen molar-refractivity contribution in [1.82, 2.24) is 0 Å². The van der Waals surface area contributed by atoms with Gasteiger partial charge in [-0.1, -0.05) is 62.1 Å². The number of halogens is 2. The molecule has 0 fully saturated rings. The van der Waals surface area contributed by atoms with Crippen LogP contribution in [0.3, 0.4) is 0 Å². The van der Waals surface area contributed by atoms with Crippen molar-refractivity contribution < 1.29 is 0 Å². The van der Waals surface area contributed by atoms with Gasteiger partial charge in [0, 0.05) is 4.88 Å². The van der Waals surface area contributed by atoms with Crippen LogP contribution in [-0.2, 0) is 0 Å². The summed E-state index contributed by atoms with van der Waals surface area (Å²) >= 11 is 11.4. The highest BCUT2D eigenvalue weighted by molar-refractivity contribution is 9.09. The molecular formula is C12H18BrClS. The van der Waals surface area contributed by atoms with Gasteiger partial charge in [0.2, 0.25) is 0 Å². The molecular weight excluding hydrogens is 292 g/mol. The fraction of sp³-hybridized carbons (Fsp3) is 0.667. The third-order valence-electron chi connectivity index (χ3n) is 3.41. The average Bonchev–Trinajstić information content (AvgIpc) is 2.48. The lowest BCUT2D eigenvalue weighted by molar-refractivity contribution is 0.131. The molecule has 0 aliphatic carbocycles. The molecule has 3 heteroatoms. The second kappa shape index (κ2) is 4.38. The van der Waals surface area contributed by atoms with Gasteiger partial charge in [-0.05, 0) is 23.0 Å². The lowest BCUT2D eigenvalue weighted by Crippen LogP contribution is -2.33. The van der Waals surface area contributed by atoms with Crippen molar-refractivity contribution in [2.24, 2.45) is 10.8 Å². The molecule has 0 saturated carbocycles. The Balaban J connectivity index is 2.99. The van der Waals surface area contributed by atoms with E-state index in [1.165, 1.54) is 4.88 Å². The Bertz CT molecular complexity index is 336. The summed E-state index contributed by atoms with van der Waals surface area (Å²) in [5, 5.41) is 0. The number of thiophene rings is 1. The highest BCUT2D eigenvalue weighted by Gasteiger charge is 2.40. The lowest BCUT2D eigenvalue weighted by atomic mass is 9.67. The van der Waals surface area contributed by atoms with Gasteiger partial charge in [0.15, 0.2) is 0 Å². The van der Waals surface area contributed by atoms with E-state index in [0.29, 0.717) is 4.83 Å². The summed E-state index contributed by atoms with van der Waals surface area (Å²) in [7, 11) is 0. The number of hydrogen-bond donors (Lipinski definition) is 0. The van der Waals surface area contributed by atoms with Gasteiger partial charge < -0.3 is 0 Å². The van der Waals surface area contributed by atoms with Crippen LogP contribution in [0.25, 0.3) is 0 Å². The predicted octanol–water partition coefficient (Wildman–Crippen LogP) is 5.91. The Kier molecular flexibility index (Phi) is 3.96. The topological polar surface area (TPSA) is 0 Å². The molecule has 1 aromatic heterocycles. The second-order valence-electron chi connectivity index (χ2n) is 5.48. The highest BCUT2D eigenvalue weighted by atomic mass is 79.9. The summed E-state index contributed by atoms with van der Waals surface area (Å²) in [5.74, 6) is 0. The van der Waals surface area contributed by atoms with Gasteiger partial charge in [0.1, 0.15) is 0 Å². The Morgan fingerprint density at radius 3 is 2.07 bits per heavy atom. The van der Waals surface area contributed by atoms with Gasteiger partial charge >= 0.3 is 0 Å². The monoisotopic (exact) mass is 308 g/mol. The van der Waals surface area contributed by atoms with Crippen molar-refractivity contribution in [2.75, 3.05) is 0 Å². The van der Waals surface area contributed by atoms with Crippen molar-refractivity contribution in [1.29, 1.82) is 0 Å². The maximum absolute atomic E-state index is 5.97. The first kappa shape index (κ1) is 13.5. The molecule has 1 aromatic rings. The first-order valence-electron chi connectivity index (χ1n) is 5.05. The highest BCUT2D eigenvalue weighted by Crippen LogP contribution is 2.53. The van der Waals surface area contributed by atoms with Crippen LogP contribution in [0.1, 0.15) is 44.3 Å². The van der Waals surface area contributed by atoms with Crippen LogP contribution >= 0.6 is 38.9 Å². The minimum Gasteiger partial charge on any atom is -0.127 e. The zero-order valence-electron chi connectivity index (χ0n) is 9.90. The molecule has 1 unspecified atom stereocenters. The van der Waals surface area contributed by atoms with E-state index in [-0.39, 0.29) is 10.8 Å². The van der Waals surface area contributed by atoms with Gasteiger partial charge in [-0.2, -0.15) is 0 Å².